The van der Waals surface area contributed by atoms with Crippen LogP contribution in [0.3, 0.4) is 0 Å². The zero-order chi connectivity index (χ0) is 50.5. The molecule has 0 saturated carbocycles. The Morgan fingerprint density at radius 3 is 1.13 bits per heavy atom. The summed E-state index contributed by atoms with van der Waals surface area (Å²) >= 11 is 0. The van der Waals surface area contributed by atoms with Crippen LogP contribution < -0.4 is 41.5 Å². The van der Waals surface area contributed by atoms with Crippen LogP contribution in [-0.2, 0) is 5.41 Å². The standard InChI is InChI=1S/C73H53NSi2/c1-7-27-54(28-8-1)73(69-46-22-19-43-65(69)66-44-20-23-47-70(66)73)55-29-25-41-62(51-55)76(60-37-15-5-16-38-60,61-39-17-6-18-40-61)63-42-26-30-56(52-63)74-71-48-24-21-45-67(71)68-53-64(49-50-72(68)74)75(57-31-9-2-10-32-57,58-33-11-3-12-34-58)59-35-13-4-14-36-59/h1-53H. The zero-order valence-electron chi connectivity index (χ0n) is 42.0. The van der Waals surface area contributed by atoms with Gasteiger partial charge in [0.25, 0.3) is 0 Å². The average Bonchev–Trinajstić information content (AvgIpc) is 4.19. The molecule has 1 heterocycles. The normalized spacial score (nSPS) is 12.8. The van der Waals surface area contributed by atoms with E-state index in [9.17, 15) is 0 Å². The van der Waals surface area contributed by atoms with Gasteiger partial charge in [0, 0.05) is 16.5 Å². The van der Waals surface area contributed by atoms with Gasteiger partial charge in [0.15, 0.2) is 16.1 Å². The van der Waals surface area contributed by atoms with Crippen molar-refractivity contribution >= 4 is 79.4 Å². The van der Waals surface area contributed by atoms with E-state index in [4.69, 9.17) is 0 Å². The summed E-state index contributed by atoms with van der Waals surface area (Å²) in [6, 6.07) is 122. The van der Waals surface area contributed by atoms with Gasteiger partial charge < -0.3 is 4.57 Å². The number of nitrogens with zero attached hydrogens (tertiary/aromatic N) is 1. The van der Waals surface area contributed by atoms with E-state index < -0.39 is 21.6 Å². The Balaban J connectivity index is 1.02. The zero-order valence-corrected chi connectivity index (χ0v) is 44.0. The van der Waals surface area contributed by atoms with Gasteiger partial charge in [0.05, 0.1) is 16.4 Å². The number of fused-ring (bicyclic) bond motifs is 6. The number of hydrogen-bond acceptors (Lipinski definition) is 0. The second kappa shape index (κ2) is 18.7. The number of rotatable bonds is 11. The van der Waals surface area contributed by atoms with E-state index in [0.29, 0.717) is 0 Å². The van der Waals surface area contributed by atoms with E-state index in [1.54, 1.807) is 0 Å². The molecule has 0 saturated heterocycles. The van der Waals surface area contributed by atoms with Crippen molar-refractivity contribution in [3.8, 4) is 16.8 Å². The molecule has 0 spiro atoms. The summed E-state index contributed by atoms with van der Waals surface area (Å²) in [6.07, 6.45) is 0. The van der Waals surface area contributed by atoms with Crippen molar-refractivity contribution in [2.75, 3.05) is 0 Å². The molecule has 1 aliphatic rings. The molecule has 358 valence electrons. The van der Waals surface area contributed by atoms with Crippen LogP contribution in [0.1, 0.15) is 22.3 Å². The lowest BCUT2D eigenvalue weighted by Gasteiger charge is -2.38. The molecule has 0 fully saturated rings. The highest BCUT2D eigenvalue weighted by molar-refractivity contribution is 7.20. The molecule has 1 aliphatic carbocycles. The highest BCUT2D eigenvalue weighted by atomic mass is 28.3. The Kier molecular flexibility index (Phi) is 11.2. The minimum atomic E-state index is -3.13. The van der Waals surface area contributed by atoms with Crippen LogP contribution in [0, 0.1) is 0 Å². The summed E-state index contributed by atoms with van der Waals surface area (Å²) in [6.45, 7) is 0. The predicted octanol–water partition coefficient (Wildman–Crippen LogP) is 11.9. The third-order valence-electron chi connectivity index (χ3n) is 16.6. The monoisotopic (exact) mass is 999 g/mol. The molecule has 76 heavy (non-hydrogen) atoms. The Bertz CT molecular complexity index is 4030. The first kappa shape index (κ1) is 45.5. The first-order chi connectivity index (χ1) is 37.7. The van der Waals surface area contributed by atoms with Gasteiger partial charge in [0.1, 0.15) is 0 Å². The van der Waals surface area contributed by atoms with E-state index in [0.717, 1.165) is 5.69 Å². The molecule has 0 bridgehead atoms. The minimum Gasteiger partial charge on any atom is -0.309 e. The van der Waals surface area contributed by atoms with Crippen molar-refractivity contribution in [2.24, 2.45) is 0 Å². The van der Waals surface area contributed by atoms with Crippen molar-refractivity contribution in [3.63, 3.8) is 0 Å². The van der Waals surface area contributed by atoms with Gasteiger partial charge >= 0.3 is 0 Å². The molecule has 13 aromatic rings. The molecule has 12 aromatic carbocycles. The van der Waals surface area contributed by atoms with Crippen LogP contribution in [0.25, 0.3) is 38.6 Å². The second-order valence-electron chi connectivity index (χ2n) is 20.3. The fraction of sp³-hybridized carbons (Fsp3) is 0.0137. The summed E-state index contributed by atoms with van der Waals surface area (Å²) in [5.74, 6) is 0. The van der Waals surface area contributed by atoms with Crippen LogP contribution in [0.4, 0.5) is 0 Å². The number of benzene rings is 12. The highest BCUT2D eigenvalue weighted by Gasteiger charge is 2.48. The van der Waals surface area contributed by atoms with Gasteiger partial charge in [0.2, 0.25) is 0 Å². The second-order valence-corrected chi connectivity index (χ2v) is 27.9. The predicted molar refractivity (Wildman–Crippen MR) is 325 cm³/mol. The smallest absolute Gasteiger partial charge is 0.179 e. The Morgan fingerprint density at radius 1 is 0.237 bits per heavy atom. The first-order valence-electron chi connectivity index (χ1n) is 26.5. The lowest BCUT2D eigenvalue weighted by atomic mass is 9.68. The van der Waals surface area contributed by atoms with Crippen molar-refractivity contribution in [1.29, 1.82) is 0 Å². The number of para-hydroxylation sites is 1. The SMILES string of the molecule is c1ccc(C2(c3cccc([Si](c4ccccc4)(c4ccccc4)c4cccc(-n5c6ccccc6c6cc([Si](c7ccccc7)(c7ccccc7)c7ccccc7)ccc65)c4)c3)c3ccccc3-c3ccccc32)cc1. The summed E-state index contributed by atoms with van der Waals surface area (Å²) in [4.78, 5) is 0. The maximum atomic E-state index is 2.59. The number of hydrogen-bond donors (Lipinski definition) is 0. The quantitative estimate of drug-likeness (QED) is 0.0899. The van der Waals surface area contributed by atoms with Crippen LogP contribution in [0.5, 0.6) is 0 Å². The maximum Gasteiger partial charge on any atom is 0.179 e. The molecule has 1 nitrogen and oxygen atoms in total. The molecule has 0 N–H and O–H groups in total. The van der Waals surface area contributed by atoms with Crippen molar-refractivity contribution in [1.82, 2.24) is 4.57 Å². The fourth-order valence-corrected chi connectivity index (χ4v) is 23.1. The average molecular weight is 1000 g/mol. The van der Waals surface area contributed by atoms with Gasteiger partial charge in [-0.3, -0.25) is 0 Å². The molecule has 1 aromatic heterocycles. The molecule has 14 rings (SSSR count). The van der Waals surface area contributed by atoms with Gasteiger partial charge in [-0.1, -0.05) is 297 Å². The molecule has 0 radical (unpaired) electrons. The van der Waals surface area contributed by atoms with Crippen LogP contribution >= 0.6 is 0 Å². The molecular weight excluding hydrogens is 947 g/mol. The lowest BCUT2D eigenvalue weighted by Crippen LogP contribution is -2.74. The Hall–Kier alpha value is -9.13. The fourth-order valence-electron chi connectivity index (χ4n) is 13.5. The summed E-state index contributed by atoms with van der Waals surface area (Å²) in [7, 11) is -5.94. The van der Waals surface area contributed by atoms with Gasteiger partial charge in [-0.2, -0.15) is 0 Å². The lowest BCUT2D eigenvalue weighted by molar-refractivity contribution is 0.769. The maximum absolute atomic E-state index is 3.13. The third kappa shape index (κ3) is 6.83. The summed E-state index contributed by atoms with van der Waals surface area (Å²) in [5.41, 5.74) is 10.8. The van der Waals surface area contributed by atoms with Crippen molar-refractivity contribution in [2.45, 2.75) is 5.41 Å². The van der Waals surface area contributed by atoms with E-state index in [2.05, 4.69) is 326 Å². The summed E-state index contributed by atoms with van der Waals surface area (Å²) < 4.78 is 2.52. The van der Waals surface area contributed by atoms with E-state index in [-0.39, 0.29) is 0 Å². The van der Waals surface area contributed by atoms with E-state index in [1.165, 1.54) is 96.7 Å². The molecule has 0 atom stereocenters. The Labute approximate surface area is 447 Å². The molecule has 0 amide bonds. The summed E-state index contributed by atoms with van der Waals surface area (Å²) in [5, 5.41) is 13.3. The first-order valence-corrected chi connectivity index (χ1v) is 30.5. The molecular formula is C73H53NSi2. The van der Waals surface area contributed by atoms with Gasteiger partial charge in [-0.15, -0.1) is 0 Å². The largest absolute Gasteiger partial charge is 0.309 e. The van der Waals surface area contributed by atoms with Crippen LogP contribution in [0.15, 0.2) is 322 Å². The van der Waals surface area contributed by atoms with Gasteiger partial charge in [-0.05, 0) is 99.1 Å². The van der Waals surface area contributed by atoms with Gasteiger partial charge in [-0.25, -0.2) is 0 Å². The van der Waals surface area contributed by atoms with Crippen molar-refractivity contribution in [3.05, 3.63) is 344 Å². The van der Waals surface area contributed by atoms with E-state index in [1.807, 2.05) is 0 Å². The molecule has 0 unspecified atom stereocenters. The van der Waals surface area contributed by atoms with Crippen LogP contribution in [0.2, 0.25) is 0 Å². The topological polar surface area (TPSA) is 4.93 Å². The highest BCUT2D eigenvalue weighted by Crippen LogP contribution is 2.55. The molecule has 0 aliphatic heterocycles. The third-order valence-corrected chi connectivity index (χ3v) is 26.1. The minimum absolute atomic E-state index is 0.538. The Morgan fingerprint density at radius 2 is 0.605 bits per heavy atom. The molecule has 3 heteroatoms. The van der Waals surface area contributed by atoms with E-state index >= 15 is 0 Å². The van der Waals surface area contributed by atoms with Crippen molar-refractivity contribution < 1.29 is 0 Å². The van der Waals surface area contributed by atoms with Crippen LogP contribution in [-0.4, -0.2) is 20.7 Å². The number of aromatic nitrogens is 1.